The summed E-state index contributed by atoms with van der Waals surface area (Å²) in [5, 5.41) is 2.88. The molecular formula is C20H18N2O. The van der Waals surface area contributed by atoms with E-state index < -0.39 is 0 Å². The molecule has 0 aliphatic rings. The number of aromatic nitrogens is 1. The minimum Gasteiger partial charge on any atom is -0.307 e. The minimum atomic E-state index is -0.130. The summed E-state index contributed by atoms with van der Waals surface area (Å²) in [4.78, 5) is 16.8. The number of anilines is 1. The van der Waals surface area contributed by atoms with E-state index in [1.807, 2.05) is 61.5 Å². The predicted molar refractivity (Wildman–Crippen MR) is 92.6 cm³/mol. The molecule has 1 amide bonds. The lowest BCUT2D eigenvalue weighted by Crippen LogP contribution is -2.15. The number of aryl methyl sites for hydroxylation is 1. The molecule has 2 aromatic carbocycles. The van der Waals surface area contributed by atoms with Crippen LogP contribution in [0.4, 0.5) is 5.82 Å². The van der Waals surface area contributed by atoms with Gasteiger partial charge in [-0.25, -0.2) is 4.98 Å². The molecule has 3 nitrogen and oxygen atoms in total. The number of nitrogens with one attached hydrogen (secondary N) is 1. The lowest BCUT2D eigenvalue weighted by Gasteiger charge is -2.10. The normalized spacial score (nSPS) is 10.3. The second-order valence-electron chi connectivity index (χ2n) is 5.49. The summed E-state index contributed by atoms with van der Waals surface area (Å²) in [5.41, 5.74) is 3.93. The predicted octanol–water partition coefficient (Wildman–Crippen LogP) is 4.23. The molecule has 23 heavy (non-hydrogen) atoms. The average Bonchev–Trinajstić information content (AvgIpc) is 2.56. The molecule has 0 aliphatic carbocycles. The summed E-state index contributed by atoms with van der Waals surface area (Å²) in [7, 11) is 0. The van der Waals surface area contributed by atoms with Crippen LogP contribution in [-0.4, -0.2) is 10.9 Å². The Balaban J connectivity index is 1.83. The molecule has 3 aromatic rings. The topological polar surface area (TPSA) is 42.0 Å². The lowest BCUT2D eigenvalue weighted by molar-refractivity contribution is 0.102. The van der Waals surface area contributed by atoms with Crippen molar-refractivity contribution in [3.63, 3.8) is 0 Å². The Morgan fingerprint density at radius 2 is 1.74 bits per heavy atom. The number of carbonyl (C=O) groups excluding carboxylic acids is 1. The number of hydrogen-bond acceptors (Lipinski definition) is 2. The third-order valence-corrected chi connectivity index (χ3v) is 3.66. The lowest BCUT2D eigenvalue weighted by atomic mass is 9.99. The van der Waals surface area contributed by atoms with Gasteiger partial charge < -0.3 is 5.32 Å². The first-order valence-corrected chi connectivity index (χ1v) is 7.58. The van der Waals surface area contributed by atoms with Crippen LogP contribution in [-0.2, 0) is 6.42 Å². The van der Waals surface area contributed by atoms with Crippen LogP contribution in [0.5, 0.6) is 0 Å². The molecule has 0 saturated heterocycles. The molecular weight excluding hydrogens is 284 g/mol. The van der Waals surface area contributed by atoms with Crippen LogP contribution in [0.1, 0.15) is 27.0 Å². The van der Waals surface area contributed by atoms with Gasteiger partial charge in [0, 0.05) is 11.8 Å². The summed E-state index contributed by atoms with van der Waals surface area (Å²) >= 11 is 0. The Morgan fingerprint density at radius 1 is 1.00 bits per heavy atom. The van der Waals surface area contributed by atoms with E-state index in [9.17, 15) is 4.79 Å². The molecule has 1 heterocycles. The number of hydrogen-bond donors (Lipinski definition) is 1. The first-order chi connectivity index (χ1) is 11.2. The van der Waals surface area contributed by atoms with Crippen molar-refractivity contribution >= 4 is 11.7 Å². The van der Waals surface area contributed by atoms with Crippen LogP contribution in [0.15, 0.2) is 72.9 Å². The van der Waals surface area contributed by atoms with Crippen molar-refractivity contribution in [3.8, 4) is 0 Å². The summed E-state index contributed by atoms with van der Waals surface area (Å²) in [6, 6.07) is 21.6. The zero-order valence-corrected chi connectivity index (χ0v) is 13.0. The molecule has 1 N–H and O–H groups in total. The van der Waals surface area contributed by atoms with E-state index in [-0.39, 0.29) is 5.91 Å². The molecule has 0 spiro atoms. The van der Waals surface area contributed by atoms with Gasteiger partial charge in [0.05, 0.1) is 0 Å². The van der Waals surface area contributed by atoms with E-state index in [1.165, 1.54) is 5.56 Å². The molecule has 3 rings (SSSR count). The van der Waals surface area contributed by atoms with E-state index >= 15 is 0 Å². The van der Waals surface area contributed by atoms with Crippen LogP contribution in [0.3, 0.4) is 0 Å². The standard InChI is InChI=1S/C20H18N2O/c1-15-11-12-21-19(13-15)22-20(23)18-10-6-5-9-17(18)14-16-7-3-2-4-8-16/h2-13H,14H2,1H3,(H,21,22,23). The van der Waals surface area contributed by atoms with Gasteiger partial charge in [-0.3, -0.25) is 4.79 Å². The molecule has 1 aromatic heterocycles. The van der Waals surface area contributed by atoms with Crippen molar-refractivity contribution < 1.29 is 4.79 Å². The number of pyridine rings is 1. The van der Waals surface area contributed by atoms with Gasteiger partial charge in [-0.1, -0.05) is 48.5 Å². The average molecular weight is 302 g/mol. The maximum atomic E-state index is 12.6. The van der Waals surface area contributed by atoms with E-state index in [4.69, 9.17) is 0 Å². The second-order valence-corrected chi connectivity index (χ2v) is 5.49. The molecule has 114 valence electrons. The van der Waals surface area contributed by atoms with Gasteiger partial charge in [0.1, 0.15) is 5.82 Å². The van der Waals surface area contributed by atoms with Crippen LogP contribution in [0.25, 0.3) is 0 Å². The van der Waals surface area contributed by atoms with Crippen molar-refractivity contribution in [2.45, 2.75) is 13.3 Å². The SMILES string of the molecule is Cc1ccnc(NC(=O)c2ccccc2Cc2ccccc2)c1. The highest BCUT2D eigenvalue weighted by molar-refractivity contribution is 6.04. The fourth-order valence-electron chi connectivity index (χ4n) is 2.50. The molecule has 0 aliphatic heterocycles. The van der Waals surface area contributed by atoms with Crippen molar-refractivity contribution in [1.29, 1.82) is 0 Å². The van der Waals surface area contributed by atoms with Gasteiger partial charge in [-0.2, -0.15) is 0 Å². The van der Waals surface area contributed by atoms with E-state index in [2.05, 4.69) is 22.4 Å². The van der Waals surface area contributed by atoms with Crippen LogP contribution >= 0.6 is 0 Å². The smallest absolute Gasteiger partial charge is 0.257 e. The maximum absolute atomic E-state index is 12.6. The number of rotatable bonds is 4. The highest BCUT2D eigenvalue weighted by Crippen LogP contribution is 2.16. The van der Waals surface area contributed by atoms with Crippen molar-refractivity contribution in [2.75, 3.05) is 5.32 Å². The van der Waals surface area contributed by atoms with Gasteiger partial charge in [0.15, 0.2) is 0 Å². The molecule has 3 heteroatoms. The number of amides is 1. The van der Waals surface area contributed by atoms with Crippen molar-refractivity contribution in [1.82, 2.24) is 4.98 Å². The Labute approximate surface area is 136 Å². The van der Waals surface area contributed by atoms with Gasteiger partial charge >= 0.3 is 0 Å². The van der Waals surface area contributed by atoms with Crippen molar-refractivity contribution in [3.05, 3.63) is 95.2 Å². The van der Waals surface area contributed by atoms with E-state index in [1.54, 1.807) is 6.20 Å². The van der Waals surface area contributed by atoms with Gasteiger partial charge in [0.2, 0.25) is 0 Å². The quantitative estimate of drug-likeness (QED) is 0.783. The summed E-state index contributed by atoms with van der Waals surface area (Å²) < 4.78 is 0. The number of carbonyl (C=O) groups is 1. The molecule has 0 radical (unpaired) electrons. The molecule has 0 unspecified atom stereocenters. The first kappa shape index (κ1) is 15.0. The summed E-state index contributed by atoms with van der Waals surface area (Å²) in [6.45, 7) is 1.97. The summed E-state index contributed by atoms with van der Waals surface area (Å²) in [6.07, 6.45) is 2.42. The Hall–Kier alpha value is -2.94. The fraction of sp³-hybridized carbons (Fsp3) is 0.100. The monoisotopic (exact) mass is 302 g/mol. The first-order valence-electron chi connectivity index (χ1n) is 7.58. The highest BCUT2D eigenvalue weighted by atomic mass is 16.1. The van der Waals surface area contributed by atoms with Gasteiger partial charge in [0.25, 0.3) is 5.91 Å². The zero-order chi connectivity index (χ0) is 16.1. The molecule has 0 bridgehead atoms. The Kier molecular flexibility index (Phi) is 4.48. The fourth-order valence-corrected chi connectivity index (χ4v) is 2.50. The highest BCUT2D eigenvalue weighted by Gasteiger charge is 2.12. The molecule has 0 saturated carbocycles. The summed E-state index contributed by atoms with van der Waals surface area (Å²) in [5.74, 6) is 0.444. The van der Waals surface area contributed by atoms with E-state index in [0.29, 0.717) is 11.4 Å². The van der Waals surface area contributed by atoms with E-state index in [0.717, 1.165) is 17.5 Å². The van der Waals surface area contributed by atoms with Crippen LogP contribution in [0, 0.1) is 6.92 Å². The largest absolute Gasteiger partial charge is 0.307 e. The third kappa shape index (κ3) is 3.83. The van der Waals surface area contributed by atoms with Crippen LogP contribution < -0.4 is 5.32 Å². The maximum Gasteiger partial charge on any atom is 0.257 e. The van der Waals surface area contributed by atoms with Crippen molar-refractivity contribution in [2.24, 2.45) is 0 Å². The molecule has 0 atom stereocenters. The Bertz CT molecular complexity index is 813. The minimum absolute atomic E-state index is 0.130. The second kappa shape index (κ2) is 6.88. The van der Waals surface area contributed by atoms with Crippen LogP contribution in [0.2, 0.25) is 0 Å². The number of benzene rings is 2. The molecule has 0 fully saturated rings. The number of nitrogens with zero attached hydrogens (tertiary/aromatic N) is 1. The Morgan fingerprint density at radius 3 is 2.52 bits per heavy atom. The van der Waals surface area contributed by atoms with Gasteiger partial charge in [-0.05, 0) is 48.2 Å². The van der Waals surface area contributed by atoms with Gasteiger partial charge in [-0.15, -0.1) is 0 Å². The zero-order valence-electron chi connectivity index (χ0n) is 13.0. The third-order valence-electron chi connectivity index (χ3n) is 3.66.